The molecule has 0 saturated carbocycles. The van der Waals surface area contributed by atoms with Gasteiger partial charge in [-0.2, -0.15) is 0 Å². The van der Waals surface area contributed by atoms with Crippen LogP contribution in [0.1, 0.15) is 13.3 Å². The summed E-state index contributed by atoms with van der Waals surface area (Å²) in [6, 6.07) is 5.41. The molecule has 1 amide bonds. The van der Waals surface area contributed by atoms with E-state index in [1.165, 1.54) is 0 Å². The van der Waals surface area contributed by atoms with E-state index in [1.807, 2.05) is 19.1 Å². The monoisotopic (exact) mass is 207 g/mol. The lowest BCUT2D eigenvalue weighted by atomic mass is 10.2. The van der Waals surface area contributed by atoms with E-state index < -0.39 is 6.10 Å². The minimum Gasteiger partial charge on any atom is -0.493 e. The summed E-state index contributed by atoms with van der Waals surface area (Å²) in [5, 5.41) is 2.79. The predicted octanol–water partition coefficient (Wildman–Crippen LogP) is 1.80. The summed E-state index contributed by atoms with van der Waals surface area (Å²) in [6.45, 7) is 1.91. The third-order valence-corrected chi connectivity index (χ3v) is 2.38. The van der Waals surface area contributed by atoms with E-state index >= 15 is 0 Å². The molecule has 0 aromatic heterocycles. The average molecular weight is 207 g/mol. The Balaban J connectivity index is 2.40. The summed E-state index contributed by atoms with van der Waals surface area (Å²) in [7, 11) is 1.58. The van der Waals surface area contributed by atoms with Crippen LogP contribution in [0.15, 0.2) is 18.2 Å². The molecule has 1 N–H and O–H groups in total. The molecular formula is C11H13NO3. The number of nitrogens with one attached hydrogen (secondary N) is 1. The van der Waals surface area contributed by atoms with Gasteiger partial charge in [-0.1, -0.05) is 13.0 Å². The molecule has 0 radical (unpaired) electrons. The van der Waals surface area contributed by atoms with Gasteiger partial charge in [-0.3, -0.25) is 4.79 Å². The second-order valence-electron chi connectivity index (χ2n) is 3.34. The molecule has 0 aliphatic carbocycles. The van der Waals surface area contributed by atoms with Gasteiger partial charge in [-0.25, -0.2) is 0 Å². The van der Waals surface area contributed by atoms with E-state index in [4.69, 9.17) is 9.47 Å². The molecule has 1 atom stereocenters. The van der Waals surface area contributed by atoms with Gasteiger partial charge in [0.2, 0.25) is 0 Å². The zero-order valence-electron chi connectivity index (χ0n) is 8.74. The lowest BCUT2D eigenvalue weighted by Crippen LogP contribution is -2.36. The van der Waals surface area contributed by atoms with Crippen molar-refractivity contribution in [2.75, 3.05) is 12.4 Å². The lowest BCUT2D eigenvalue weighted by molar-refractivity contribution is -0.123. The Hall–Kier alpha value is -1.71. The highest BCUT2D eigenvalue weighted by Crippen LogP contribution is 2.38. The maximum Gasteiger partial charge on any atom is 0.265 e. The summed E-state index contributed by atoms with van der Waals surface area (Å²) in [4.78, 5) is 11.5. The number of methoxy groups -OCH3 is 1. The predicted molar refractivity (Wildman–Crippen MR) is 56.3 cm³/mol. The summed E-state index contributed by atoms with van der Waals surface area (Å²) in [6.07, 6.45) is 0.220. The number of amides is 1. The van der Waals surface area contributed by atoms with Crippen LogP contribution in [-0.4, -0.2) is 19.1 Å². The fraction of sp³-hybridized carbons (Fsp3) is 0.364. The molecule has 4 nitrogen and oxygen atoms in total. The highest BCUT2D eigenvalue weighted by Gasteiger charge is 2.27. The maximum absolute atomic E-state index is 11.5. The van der Waals surface area contributed by atoms with Crippen LogP contribution < -0.4 is 14.8 Å². The van der Waals surface area contributed by atoms with E-state index in [0.717, 1.165) is 0 Å². The van der Waals surface area contributed by atoms with Crippen LogP contribution in [0.25, 0.3) is 0 Å². The molecule has 80 valence electrons. The van der Waals surface area contributed by atoms with Gasteiger partial charge in [0, 0.05) is 0 Å². The summed E-state index contributed by atoms with van der Waals surface area (Å²) >= 11 is 0. The normalized spacial score (nSPS) is 18.8. The lowest BCUT2D eigenvalue weighted by Gasteiger charge is -2.26. The van der Waals surface area contributed by atoms with Gasteiger partial charge in [0.05, 0.1) is 12.8 Å². The van der Waals surface area contributed by atoms with Crippen molar-refractivity contribution >= 4 is 11.6 Å². The van der Waals surface area contributed by atoms with Gasteiger partial charge >= 0.3 is 0 Å². The van der Waals surface area contributed by atoms with E-state index in [2.05, 4.69) is 5.32 Å². The molecule has 1 aromatic rings. The standard InChI is InChI=1S/C11H13NO3/c1-3-8-11(13)12-7-5-4-6-9(14-2)10(7)15-8/h4-6,8H,3H2,1-2H3,(H,12,13). The first kappa shape index (κ1) is 9.83. The Morgan fingerprint density at radius 2 is 2.33 bits per heavy atom. The maximum atomic E-state index is 11.5. The number of rotatable bonds is 2. The van der Waals surface area contributed by atoms with Crippen LogP contribution in [0.2, 0.25) is 0 Å². The minimum atomic E-state index is -0.422. The van der Waals surface area contributed by atoms with Crippen LogP contribution in [-0.2, 0) is 4.79 Å². The van der Waals surface area contributed by atoms with Gasteiger partial charge in [0.1, 0.15) is 0 Å². The average Bonchev–Trinajstić information content (AvgIpc) is 2.27. The second-order valence-corrected chi connectivity index (χ2v) is 3.34. The molecule has 1 aromatic carbocycles. The molecule has 0 fully saturated rings. The van der Waals surface area contributed by atoms with E-state index in [9.17, 15) is 4.79 Å². The van der Waals surface area contributed by atoms with Crippen LogP contribution >= 0.6 is 0 Å². The van der Waals surface area contributed by atoms with Gasteiger partial charge in [-0.05, 0) is 18.6 Å². The highest BCUT2D eigenvalue weighted by molar-refractivity contribution is 5.98. The summed E-state index contributed by atoms with van der Waals surface area (Å²) < 4.78 is 10.7. The van der Waals surface area contributed by atoms with Crippen molar-refractivity contribution in [3.8, 4) is 11.5 Å². The largest absolute Gasteiger partial charge is 0.493 e. The second kappa shape index (κ2) is 3.81. The number of benzene rings is 1. The summed E-state index contributed by atoms with van der Waals surface area (Å²) in [5.41, 5.74) is 0.670. The number of fused-ring (bicyclic) bond motifs is 1. The van der Waals surface area contributed by atoms with Crippen molar-refractivity contribution in [2.45, 2.75) is 19.4 Å². The molecule has 2 rings (SSSR count). The molecule has 4 heteroatoms. The number of ether oxygens (including phenoxy) is 2. The van der Waals surface area contributed by atoms with E-state index in [-0.39, 0.29) is 5.91 Å². The highest BCUT2D eigenvalue weighted by atomic mass is 16.5. The molecular weight excluding hydrogens is 194 g/mol. The van der Waals surface area contributed by atoms with Crippen LogP contribution in [0.3, 0.4) is 0 Å². The molecule has 15 heavy (non-hydrogen) atoms. The molecule has 0 saturated heterocycles. The first-order valence-electron chi connectivity index (χ1n) is 4.90. The molecule has 0 spiro atoms. The molecule has 1 aliphatic heterocycles. The molecule has 1 aliphatic rings. The zero-order chi connectivity index (χ0) is 10.8. The number of para-hydroxylation sites is 1. The minimum absolute atomic E-state index is 0.0988. The quantitative estimate of drug-likeness (QED) is 0.804. The van der Waals surface area contributed by atoms with Crippen molar-refractivity contribution in [1.82, 2.24) is 0 Å². The molecule has 1 heterocycles. The van der Waals surface area contributed by atoms with Crippen LogP contribution in [0.5, 0.6) is 11.5 Å². The van der Waals surface area contributed by atoms with Crippen molar-refractivity contribution in [3.05, 3.63) is 18.2 Å². The smallest absolute Gasteiger partial charge is 0.265 e. The third kappa shape index (κ3) is 1.63. The topological polar surface area (TPSA) is 47.6 Å². The Morgan fingerprint density at radius 1 is 1.53 bits per heavy atom. The number of hydrogen-bond donors (Lipinski definition) is 1. The van der Waals surface area contributed by atoms with Crippen LogP contribution in [0, 0.1) is 0 Å². The van der Waals surface area contributed by atoms with Gasteiger partial charge in [0.25, 0.3) is 5.91 Å². The fourth-order valence-electron chi connectivity index (χ4n) is 1.57. The van der Waals surface area contributed by atoms with E-state index in [1.54, 1.807) is 13.2 Å². The number of anilines is 1. The third-order valence-electron chi connectivity index (χ3n) is 2.38. The number of carbonyl (C=O) groups excluding carboxylic acids is 1. The van der Waals surface area contributed by atoms with Crippen molar-refractivity contribution in [2.24, 2.45) is 0 Å². The SMILES string of the molecule is CCC1Oc2c(cccc2OC)NC1=O. The molecule has 1 unspecified atom stereocenters. The zero-order valence-corrected chi connectivity index (χ0v) is 8.74. The van der Waals surface area contributed by atoms with Crippen molar-refractivity contribution < 1.29 is 14.3 Å². The first-order chi connectivity index (χ1) is 7.26. The Kier molecular flexibility index (Phi) is 2.49. The number of hydrogen-bond acceptors (Lipinski definition) is 3. The Bertz CT molecular complexity index is 389. The Morgan fingerprint density at radius 3 is 3.00 bits per heavy atom. The van der Waals surface area contributed by atoms with Crippen LogP contribution in [0.4, 0.5) is 5.69 Å². The van der Waals surface area contributed by atoms with Gasteiger partial charge in [-0.15, -0.1) is 0 Å². The van der Waals surface area contributed by atoms with Gasteiger partial charge in [0.15, 0.2) is 17.6 Å². The molecule has 0 bridgehead atoms. The summed E-state index contributed by atoms with van der Waals surface area (Å²) in [5.74, 6) is 1.16. The number of carbonyl (C=O) groups is 1. The van der Waals surface area contributed by atoms with E-state index in [0.29, 0.717) is 23.6 Å². The fourth-order valence-corrected chi connectivity index (χ4v) is 1.57. The van der Waals surface area contributed by atoms with Crippen molar-refractivity contribution in [3.63, 3.8) is 0 Å². The first-order valence-corrected chi connectivity index (χ1v) is 4.90. The Labute approximate surface area is 88.2 Å². The van der Waals surface area contributed by atoms with Gasteiger partial charge < -0.3 is 14.8 Å². The van der Waals surface area contributed by atoms with Crippen molar-refractivity contribution in [1.29, 1.82) is 0 Å².